The largest absolute Gasteiger partial charge is 0.375 e. The zero-order valence-corrected chi connectivity index (χ0v) is 13.6. The Morgan fingerprint density at radius 1 is 1.38 bits per heavy atom. The lowest BCUT2D eigenvalue weighted by molar-refractivity contribution is -0.196. The van der Waals surface area contributed by atoms with Gasteiger partial charge in [-0.15, -0.1) is 0 Å². The van der Waals surface area contributed by atoms with Crippen LogP contribution in [-0.2, 0) is 14.2 Å². The molecule has 0 aromatic heterocycles. The van der Waals surface area contributed by atoms with Gasteiger partial charge in [-0.1, -0.05) is 27.7 Å². The van der Waals surface area contributed by atoms with Gasteiger partial charge in [0.05, 0.1) is 19.8 Å². The molecule has 2 rings (SSSR count). The van der Waals surface area contributed by atoms with Crippen LogP contribution >= 0.6 is 0 Å². The molecular weight excluding hydrogens is 270 g/mol. The molecule has 1 spiro atoms. The molecule has 0 aromatic rings. The number of nitrogens with one attached hydrogen (secondary N) is 1. The van der Waals surface area contributed by atoms with Crippen molar-refractivity contribution in [2.45, 2.75) is 33.5 Å². The number of aliphatic imine (C=N–C) groups is 1. The fraction of sp³-hybridized carbons (Fsp3) is 0.933. The van der Waals surface area contributed by atoms with Crippen LogP contribution in [0.2, 0.25) is 0 Å². The highest BCUT2D eigenvalue weighted by atomic mass is 16.8. The van der Waals surface area contributed by atoms with Gasteiger partial charge in [-0.25, -0.2) is 0 Å². The summed E-state index contributed by atoms with van der Waals surface area (Å²) in [6.45, 7) is 12.5. The summed E-state index contributed by atoms with van der Waals surface area (Å²) in [5.74, 6) is 0.616. The van der Waals surface area contributed by atoms with Gasteiger partial charge in [0.1, 0.15) is 6.61 Å². The van der Waals surface area contributed by atoms with Gasteiger partial charge in [-0.2, -0.15) is 0 Å². The van der Waals surface area contributed by atoms with Crippen molar-refractivity contribution in [1.29, 1.82) is 0 Å². The molecule has 2 saturated heterocycles. The lowest BCUT2D eigenvalue weighted by Crippen LogP contribution is -2.47. The van der Waals surface area contributed by atoms with E-state index in [1.165, 1.54) is 0 Å². The molecule has 3 N–H and O–H groups in total. The number of hydrogen-bond acceptors (Lipinski definition) is 4. The third-order valence-corrected chi connectivity index (χ3v) is 4.19. The summed E-state index contributed by atoms with van der Waals surface area (Å²) in [5.41, 5.74) is 5.81. The average molecular weight is 299 g/mol. The molecule has 1 atom stereocenters. The van der Waals surface area contributed by atoms with Crippen LogP contribution in [0.5, 0.6) is 0 Å². The van der Waals surface area contributed by atoms with Gasteiger partial charge in [-0.05, 0) is 11.3 Å². The standard InChI is InChI=1S/C15H29N3O3/c1-11(2)7-17-13(16)18-9-14(3,4)12-8-19-10-15(12)20-5-6-21-15/h11-12H,5-10H2,1-4H3,(H3,16,17,18). The second kappa shape index (κ2) is 6.50. The minimum absolute atomic E-state index is 0.106. The quantitative estimate of drug-likeness (QED) is 0.584. The maximum absolute atomic E-state index is 5.92. The average Bonchev–Trinajstić information content (AvgIpc) is 3.05. The van der Waals surface area contributed by atoms with Crippen molar-refractivity contribution in [2.75, 3.05) is 39.5 Å². The van der Waals surface area contributed by atoms with Crippen molar-refractivity contribution >= 4 is 5.96 Å². The molecule has 6 nitrogen and oxygen atoms in total. The predicted octanol–water partition coefficient (Wildman–Crippen LogP) is 0.962. The van der Waals surface area contributed by atoms with Crippen LogP contribution in [0, 0.1) is 17.3 Å². The normalized spacial score (nSPS) is 26.0. The van der Waals surface area contributed by atoms with Gasteiger partial charge in [0, 0.05) is 19.0 Å². The molecule has 2 aliphatic heterocycles. The number of hydrogen-bond donors (Lipinski definition) is 2. The number of nitrogens with two attached hydrogens (primary N) is 1. The van der Waals surface area contributed by atoms with Crippen LogP contribution in [0.1, 0.15) is 27.7 Å². The molecule has 0 aromatic carbocycles. The van der Waals surface area contributed by atoms with Crippen molar-refractivity contribution in [3.63, 3.8) is 0 Å². The number of nitrogens with zero attached hydrogens (tertiary/aromatic N) is 1. The van der Waals surface area contributed by atoms with Gasteiger partial charge in [0.25, 0.3) is 0 Å². The maximum Gasteiger partial charge on any atom is 0.197 e. The highest BCUT2D eigenvalue weighted by molar-refractivity contribution is 5.77. The smallest absolute Gasteiger partial charge is 0.197 e. The van der Waals surface area contributed by atoms with Crippen molar-refractivity contribution in [1.82, 2.24) is 5.32 Å². The van der Waals surface area contributed by atoms with Crippen LogP contribution in [-0.4, -0.2) is 51.3 Å². The van der Waals surface area contributed by atoms with E-state index in [2.05, 4.69) is 38.0 Å². The molecule has 0 aliphatic carbocycles. The molecule has 21 heavy (non-hydrogen) atoms. The number of rotatable bonds is 5. The first-order chi connectivity index (χ1) is 9.86. The van der Waals surface area contributed by atoms with E-state index >= 15 is 0 Å². The number of guanidine groups is 1. The lowest BCUT2D eigenvalue weighted by atomic mass is 9.75. The molecule has 0 bridgehead atoms. The first-order valence-electron chi connectivity index (χ1n) is 7.75. The fourth-order valence-electron chi connectivity index (χ4n) is 2.89. The SMILES string of the molecule is CC(C)CNC(N)=NCC(C)(C)C1COCC12OCCO2. The van der Waals surface area contributed by atoms with Crippen LogP contribution in [0.4, 0.5) is 0 Å². The van der Waals surface area contributed by atoms with Crippen LogP contribution in [0.25, 0.3) is 0 Å². The van der Waals surface area contributed by atoms with Crippen LogP contribution < -0.4 is 11.1 Å². The van der Waals surface area contributed by atoms with Crippen molar-refractivity contribution in [3.8, 4) is 0 Å². The molecule has 0 saturated carbocycles. The Morgan fingerprint density at radius 3 is 2.67 bits per heavy atom. The Kier molecular flexibility index (Phi) is 5.11. The summed E-state index contributed by atoms with van der Waals surface area (Å²) < 4.78 is 17.3. The Hall–Kier alpha value is -0.850. The zero-order chi connectivity index (χ0) is 15.5. The molecule has 2 heterocycles. The first kappa shape index (κ1) is 16.5. The molecule has 0 amide bonds. The van der Waals surface area contributed by atoms with Gasteiger partial charge in [-0.3, -0.25) is 4.99 Å². The Balaban J connectivity index is 1.96. The molecule has 0 radical (unpaired) electrons. The van der Waals surface area contributed by atoms with E-state index in [4.69, 9.17) is 19.9 Å². The highest BCUT2D eigenvalue weighted by Gasteiger charge is 2.55. The highest BCUT2D eigenvalue weighted by Crippen LogP contribution is 2.44. The topological polar surface area (TPSA) is 78.1 Å². The second-order valence-corrected chi connectivity index (χ2v) is 7.04. The number of ether oxygens (including phenoxy) is 3. The molecule has 1 unspecified atom stereocenters. The van der Waals surface area contributed by atoms with E-state index < -0.39 is 5.79 Å². The summed E-state index contributed by atoms with van der Waals surface area (Å²) in [6.07, 6.45) is 0. The third kappa shape index (κ3) is 3.87. The molecule has 2 aliphatic rings. The van der Waals surface area contributed by atoms with Crippen molar-refractivity contribution in [2.24, 2.45) is 28.0 Å². The first-order valence-corrected chi connectivity index (χ1v) is 7.75. The van der Waals surface area contributed by atoms with E-state index in [0.29, 0.717) is 44.8 Å². The summed E-state index contributed by atoms with van der Waals surface area (Å²) >= 11 is 0. The monoisotopic (exact) mass is 299 g/mol. The van der Waals surface area contributed by atoms with Gasteiger partial charge in [0.15, 0.2) is 11.7 Å². The van der Waals surface area contributed by atoms with Crippen molar-refractivity contribution in [3.05, 3.63) is 0 Å². The maximum atomic E-state index is 5.92. The van der Waals surface area contributed by atoms with E-state index in [1.54, 1.807) is 0 Å². The lowest BCUT2D eigenvalue weighted by Gasteiger charge is -2.37. The van der Waals surface area contributed by atoms with E-state index in [1.807, 2.05) is 0 Å². The van der Waals surface area contributed by atoms with Crippen LogP contribution in [0.15, 0.2) is 4.99 Å². The molecule has 6 heteroatoms. The summed E-state index contributed by atoms with van der Waals surface area (Å²) in [4.78, 5) is 4.48. The molecule has 2 fully saturated rings. The van der Waals surface area contributed by atoms with E-state index in [0.717, 1.165) is 6.54 Å². The Bertz CT molecular complexity index is 371. The Morgan fingerprint density at radius 2 is 2.05 bits per heavy atom. The van der Waals surface area contributed by atoms with Crippen molar-refractivity contribution < 1.29 is 14.2 Å². The van der Waals surface area contributed by atoms with Gasteiger partial charge >= 0.3 is 0 Å². The summed E-state index contributed by atoms with van der Waals surface area (Å²) in [5, 5.41) is 3.14. The third-order valence-electron chi connectivity index (χ3n) is 4.19. The summed E-state index contributed by atoms with van der Waals surface area (Å²) in [6, 6.07) is 0. The zero-order valence-electron chi connectivity index (χ0n) is 13.6. The van der Waals surface area contributed by atoms with E-state index in [-0.39, 0.29) is 11.3 Å². The fourth-order valence-corrected chi connectivity index (χ4v) is 2.89. The minimum Gasteiger partial charge on any atom is -0.375 e. The molecule has 122 valence electrons. The minimum atomic E-state index is -0.584. The second-order valence-electron chi connectivity index (χ2n) is 7.04. The Labute approximate surface area is 127 Å². The van der Waals surface area contributed by atoms with Gasteiger partial charge in [0.2, 0.25) is 0 Å². The predicted molar refractivity (Wildman–Crippen MR) is 82.1 cm³/mol. The van der Waals surface area contributed by atoms with E-state index in [9.17, 15) is 0 Å². The van der Waals surface area contributed by atoms with Crippen LogP contribution in [0.3, 0.4) is 0 Å². The summed E-state index contributed by atoms with van der Waals surface area (Å²) in [7, 11) is 0. The molecular formula is C15H29N3O3. The van der Waals surface area contributed by atoms with Gasteiger partial charge < -0.3 is 25.3 Å².